The third kappa shape index (κ3) is 3.20. The summed E-state index contributed by atoms with van der Waals surface area (Å²) in [6.45, 7) is 2.17. The molecule has 0 aliphatic carbocycles. The van der Waals surface area contributed by atoms with E-state index in [2.05, 4.69) is 10.1 Å². The maximum atomic E-state index is 13.0. The van der Waals surface area contributed by atoms with E-state index in [1.807, 2.05) is 0 Å². The summed E-state index contributed by atoms with van der Waals surface area (Å²) in [6.07, 6.45) is 1.19. The van der Waals surface area contributed by atoms with Gasteiger partial charge in [-0.15, -0.1) is 0 Å². The average Bonchev–Trinajstić information content (AvgIpc) is 2.57. The third-order valence-corrected chi connectivity index (χ3v) is 3.54. The van der Waals surface area contributed by atoms with Crippen LogP contribution in [0.25, 0.3) is 5.69 Å². The predicted octanol–water partition coefficient (Wildman–Crippen LogP) is 0.0366. The Morgan fingerprint density at radius 2 is 1.88 bits per heavy atom. The molecule has 2 N–H and O–H groups in total. The molecule has 0 bridgehead atoms. The van der Waals surface area contributed by atoms with E-state index in [1.54, 1.807) is 5.01 Å². The lowest BCUT2D eigenvalue weighted by Gasteiger charge is -2.23. The maximum Gasteiger partial charge on any atom is 0.335 e. The second-order valence-corrected chi connectivity index (χ2v) is 5.12. The molecule has 0 spiro atoms. The van der Waals surface area contributed by atoms with Gasteiger partial charge in [-0.1, -0.05) is 0 Å². The van der Waals surface area contributed by atoms with Crippen LogP contribution < -0.4 is 11.2 Å². The van der Waals surface area contributed by atoms with Gasteiger partial charge in [-0.25, -0.2) is 13.8 Å². The van der Waals surface area contributed by atoms with Crippen molar-refractivity contribution in [2.75, 3.05) is 26.3 Å². The minimum atomic E-state index is -0.826. The van der Waals surface area contributed by atoms with E-state index >= 15 is 0 Å². The van der Waals surface area contributed by atoms with Crippen molar-refractivity contribution in [3.63, 3.8) is 0 Å². The Balaban J connectivity index is 2.02. The summed E-state index contributed by atoms with van der Waals surface area (Å²) >= 11 is 0. The van der Waals surface area contributed by atoms with Gasteiger partial charge in [0, 0.05) is 0 Å². The summed E-state index contributed by atoms with van der Waals surface area (Å²) in [7, 11) is 0. The van der Waals surface area contributed by atoms with Crippen LogP contribution in [0.3, 0.4) is 0 Å². The quantitative estimate of drug-likeness (QED) is 0.772. The van der Waals surface area contributed by atoms with Crippen molar-refractivity contribution in [3.8, 4) is 11.6 Å². The molecule has 1 aliphatic rings. The zero-order valence-corrected chi connectivity index (χ0v) is 12.6. The fourth-order valence-electron chi connectivity index (χ4n) is 2.29. The summed E-state index contributed by atoms with van der Waals surface area (Å²) in [4.78, 5) is 26.0. The summed E-state index contributed by atoms with van der Waals surface area (Å²) < 4.78 is 19.1. The van der Waals surface area contributed by atoms with Crippen LogP contribution in [-0.2, 0) is 4.74 Å². The Morgan fingerprint density at radius 3 is 2.54 bits per heavy atom. The van der Waals surface area contributed by atoms with Crippen LogP contribution in [0.5, 0.6) is 5.88 Å². The van der Waals surface area contributed by atoms with Crippen LogP contribution in [0.1, 0.15) is 5.56 Å². The summed E-state index contributed by atoms with van der Waals surface area (Å²) in [5, 5.41) is 16.1. The summed E-state index contributed by atoms with van der Waals surface area (Å²) in [6, 6.07) is 4.93. The lowest BCUT2D eigenvalue weighted by Crippen LogP contribution is -2.34. The molecule has 8 nitrogen and oxygen atoms in total. The van der Waals surface area contributed by atoms with Crippen molar-refractivity contribution in [2.24, 2.45) is 5.10 Å². The molecule has 2 aromatic rings. The first-order valence-electron chi connectivity index (χ1n) is 7.27. The van der Waals surface area contributed by atoms with E-state index < -0.39 is 22.9 Å². The predicted molar refractivity (Wildman–Crippen MR) is 84.3 cm³/mol. The molecule has 9 heteroatoms. The monoisotopic (exact) mass is 334 g/mol. The van der Waals surface area contributed by atoms with Crippen LogP contribution in [0.2, 0.25) is 0 Å². The third-order valence-electron chi connectivity index (χ3n) is 3.54. The number of rotatable bonds is 3. The van der Waals surface area contributed by atoms with E-state index in [4.69, 9.17) is 4.74 Å². The molecular weight excluding hydrogens is 319 g/mol. The average molecular weight is 334 g/mol. The van der Waals surface area contributed by atoms with Gasteiger partial charge in [-0.2, -0.15) is 5.10 Å². The lowest BCUT2D eigenvalue weighted by atomic mass is 10.3. The normalized spacial score (nSPS) is 15.1. The minimum Gasteiger partial charge on any atom is -0.493 e. The molecule has 0 unspecified atom stereocenters. The summed E-state index contributed by atoms with van der Waals surface area (Å²) in [5.41, 5.74) is -1.53. The first-order chi connectivity index (χ1) is 11.6. The van der Waals surface area contributed by atoms with Crippen molar-refractivity contribution in [2.45, 2.75) is 0 Å². The lowest BCUT2D eigenvalue weighted by molar-refractivity contribution is 0.0396. The number of hydrazone groups is 1. The molecule has 126 valence electrons. The van der Waals surface area contributed by atoms with Gasteiger partial charge in [0.25, 0.3) is 5.56 Å². The van der Waals surface area contributed by atoms with Crippen LogP contribution in [0.4, 0.5) is 4.39 Å². The van der Waals surface area contributed by atoms with Gasteiger partial charge in [0.15, 0.2) is 0 Å². The van der Waals surface area contributed by atoms with Crippen molar-refractivity contribution in [1.29, 1.82) is 0 Å². The van der Waals surface area contributed by atoms with Crippen LogP contribution in [0.15, 0.2) is 39.0 Å². The van der Waals surface area contributed by atoms with Gasteiger partial charge in [0.2, 0.25) is 5.88 Å². The number of benzene rings is 1. The van der Waals surface area contributed by atoms with E-state index in [9.17, 15) is 19.1 Å². The molecule has 0 atom stereocenters. The Morgan fingerprint density at radius 1 is 1.21 bits per heavy atom. The highest BCUT2D eigenvalue weighted by Gasteiger charge is 2.15. The first-order valence-corrected chi connectivity index (χ1v) is 7.27. The summed E-state index contributed by atoms with van der Waals surface area (Å²) in [5.74, 6) is -1.04. The number of morpholine rings is 1. The molecule has 2 heterocycles. The number of aromatic hydroxyl groups is 1. The molecule has 0 saturated carbocycles. The number of hydrogen-bond donors (Lipinski definition) is 2. The molecule has 1 aromatic carbocycles. The molecule has 1 fully saturated rings. The second-order valence-electron chi connectivity index (χ2n) is 5.12. The number of nitrogens with zero attached hydrogens (tertiary/aromatic N) is 3. The number of H-pyrrole nitrogens is 1. The first kappa shape index (κ1) is 15.9. The number of ether oxygens (including phenoxy) is 1. The molecular formula is C15H15FN4O4. The largest absolute Gasteiger partial charge is 0.493 e. The molecule has 3 rings (SSSR count). The van der Waals surface area contributed by atoms with E-state index in [-0.39, 0.29) is 11.3 Å². The Hall–Kier alpha value is -2.94. The fraction of sp³-hybridized carbons (Fsp3) is 0.267. The topological polar surface area (TPSA) is 99.9 Å². The number of aromatic amines is 1. The second kappa shape index (κ2) is 6.67. The minimum absolute atomic E-state index is 0.162. The zero-order chi connectivity index (χ0) is 17.1. The zero-order valence-electron chi connectivity index (χ0n) is 12.6. The van der Waals surface area contributed by atoms with Crippen molar-refractivity contribution < 1.29 is 14.2 Å². The molecule has 0 radical (unpaired) electrons. The number of nitrogens with one attached hydrogen (secondary N) is 1. The number of aromatic nitrogens is 2. The molecule has 1 aliphatic heterocycles. The number of halogens is 1. The Kier molecular flexibility index (Phi) is 4.43. The van der Waals surface area contributed by atoms with Gasteiger partial charge in [0.1, 0.15) is 11.4 Å². The van der Waals surface area contributed by atoms with E-state index in [0.717, 1.165) is 16.7 Å². The van der Waals surface area contributed by atoms with Crippen molar-refractivity contribution in [1.82, 2.24) is 14.6 Å². The molecule has 1 aromatic heterocycles. The van der Waals surface area contributed by atoms with Gasteiger partial charge in [-0.3, -0.25) is 14.8 Å². The van der Waals surface area contributed by atoms with Crippen LogP contribution in [0, 0.1) is 5.82 Å². The van der Waals surface area contributed by atoms with E-state index in [0.29, 0.717) is 26.3 Å². The van der Waals surface area contributed by atoms with Gasteiger partial charge in [-0.05, 0) is 24.3 Å². The van der Waals surface area contributed by atoms with Crippen LogP contribution >= 0.6 is 0 Å². The Labute approximate surface area is 135 Å². The van der Waals surface area contributed by atoms with Crippen molar-refractivity contribution >= 4 is 6.21 Å². The molecule has 1 saturated heterocycles. The number of hydrogen-bond acceptors (Lipinski definition) is 6. The smallest absolute Gasteiger partial charge is 0.335 e. The van der Waals surface area contributed by atoms with Crippen LogP contribution in [-0.4, -0.2) is 52.2 Å². The highest BCUT2D eigenvalue weighted by atomic mass is 19.1. The molecule has 24 heavy (non-hydrogen) atoms. The SMILES string of the molecule is O=c1[nH]c(=O)n(-c2ccc(F)cc2)c(O)c1/C=N/N1CCOCC1. The highest BCUT2D eigenvalue weighted by Crippen LogP contribution is 2.15. The standard InChI is InChI=1S/C15H15FN4O4/c16-10-1-3-11(4-2-10)20-14(22)12(13(21)18-15(20)23)9-17-19-5-7-24-8-6-19/h1-4,9,22H,5-8H2,(H,18,21,23)/b17-9+. The van der Waals surface area contributed by atoms with Crippen molar-refractivity contribution in [3.05, 3.63) is 56.5 Å². The van der Waals surface area contributed by atoms with Gasteiger partial charge < -0.3 is 9.84 Å². The fourth-order valence-corrected chi connectivity index (χ4v) is 2.29. The maximum absolute atomic E-state index is 13.0. The highest BCUT2D eigenvalue weighted by molar-refractivity contribution is 5.82. The van der Waals surface area contributed by atoms with Gasteiger partial charge >= 0.3 is 5.69 Å². The van der Waals surface area contributed by atoms with E-state index in [1.165, 1.54) is 18.3 Å². The Bertz CT molecular complexity index is 867. The molecule has 0 amide bonds. The van der Waals surface area contributed by atoms with Gasteiger partial charge in [0.05, 0.1) is 38.2 Å².